The number of nitrogens with one attached hydrogen (secondary N) is 1. The Bertz CT molecular complexity index is 1070. The molecule has 5 nitrogen and oxygen atoms in total. The monoisotopic (exact) mass is 433 g/mol. The van der Waals surface area contributed by atoms with Crippen molar-refractivity contribution in [2.75, 3.05) is 5.32 Å². The Kier molecular flexibility index (Phi) is 6.47. The van der Waals surface area contributed by atoms with E-state index in [4.69, 9.17) is 9.72 Å². The largest absolute Gasteiger partial charge is 0.458 e. The lowest BCUT2D eigenvalue weighted by Crippen LogP contribution is -2.16. The summed E-state index contributed by atoms with van der Waals surface area (Å²) in [6.07, 6.45) is 16.1. The van der Waals surface area contributed by atoms with Gasteiger partial charge in [0.15, 0.2) is 5.13 Å². The van der Waals surface area contributed by atoms with Crippen molar-refractivity contribution < 1.29 is 9.53 Å². The fourth-order valence-corrected chi connectivity index (χ4v) is 4.76. The summed E-state index contributed by atoms with van der Waals surface area (Å²) in [6.45, 7) is 6.50. The van der Waals surface area contributed by atoms with Crippen molar-refractivity contribution in [1.82, 2.24) is 9.97 Å². The highest BCUT2D eigenvalue weighted by molar-refractivity contribution is 7.14. The molecule has 2 heterocycles. The molecule has 0 saturated carbocycles. The van der Waals surface area contributed by atoms with Crippen LogP contribution in [0.4, 0.5) is 5.13 Å². The van der Waals surface area contributed by atoms with Gasteiger partial charge in [0.25, 0.3) is 5.91 Å². The lowest BCUT2D eigenvalue weighted by molar-refractivity contribution is 0.102. The number of rotatable bonds is 6. The summed E-state index contributed by atoms with van der Waals surface area (Å²) in [5.74, 6) is 2.64. The van der Waals surface area contributed by atoms with Crippen LogP contribution in [0.3, 0.4) is 0 Å². The van der Waals surface area contributed by atoms with Gasteiger partial charge in [0.2, 0.25) is 0 Å². The number of carbonyl (C=O) groups excluding carboxylic acids is 1. The molecule has 3 unspecified atom stereocenters. The number of allylic oxidation sites excluding steroid dienone is 6. The molecule has 2 aromatic rings. The van der Waals surface area contributed by atoms with Crippen molar-refractivity contribution in [3.8, 4) is 0 Å². The van der Waals surface area contributed by atoms with Gasteiger partial charge in [-0.25, -0.2) is 4.98 Å². The first-order valence-corrected chi connectivity index (χ1v) is 11.5. The summed E-state index contributed by atoms with van der Waals surface area (Å²) in [5, 5.41) is 5.51. The number of nitrogens with zero attached hydrogens (tertiary/aromatic N) is 2. The van der Waals surface area contributed by atoms with Crippen molar-refractivity contribution in [1.29, 1.82) is 0 Å². The van der Waals surface area contributed by atoms with Gasteiger partial charge in [0.1, 0.15) is 11.5 Å². The third kappa shape index (κ3) is 5.02. The summed E-state index contributed by atoms with van der Waals surface area (Å²) in [6, 6.07) is 3.37. The summed E-state index contributed by atoms with van der Waals surface area (Å²) in [4.78, 5) is 21.0. The van der Waals surface area contributed by atoms with Crippen LogP contribution in [0.1, 0.15) is 55.6 Å². The molecular formula is C25H27N3O2S. The summed E-state index contributed by atoms with van der Waals surface area (Å²) in [5.41, 5.74) is 2.73. The van der Waals surface area contributed by atoms with Crippen LogP contribution in [0.5, 0.6) is 0 Å². The van der Waals surface area contributed by atoms with Gasteiger partial charge in [0, 0.05) is 29.3 Å². The Balaban J connectivity index is 1.42. The van der Waals surface area contributed by atoms with Crippen molar-refractivity contribution in [3.05, 3.63) is 88.6 Å². The second kappa shape index (κ2) is 9.43. The van der Waals surface area contributed by atoms with E-state index in [-0.39, 0.29) is 17.7 Å². The summed E-state index contributed by atoms with van der Waals surface area (Å²) in [7, 11) is 0. The van der Waals surface area contributed by atoms with Crippen LogP contribution in [-0.4, -0.2) is 15.9 Å². The lowest BCUT2D eigenvalue weighted by Gasteiger charge is -2.26. The van der Waals surface area contributed by atoms with Crippen molar-refractivity contribution in [3.63, 3.8) is 0 Å². The number of aromatic nitrogens is 2. The number of carbonyl (C=O) groups is 1. The first kappa shape index (κ1) is 21.2. The van der Waals surface area contributed by atoms with Crippen LogP contribution in [0, 0.1) is 11.8 Å². The third-order valence-corrected chi connectivity index (χ3v) is 6.51. The van der Waals surface area contributed by atoms with Crippen LogP contribution >= 0.6 is 11.3 Å². The van der Waals surface area contributed by atoms with Gasteiger partial charge in [-0.15, -0.1) is 11.3 Å². The summed E-state index contributed by atoms with van der Waals surface area (Å²) < 4.78 is 6.14. The van der Waals surface area contributed by atoms with E-state index in [1.165, 1.54) is 16.9 Å². The molecule has 4 rings (SSSR count). The van der Waals surface area contributed by atoms with E-state index < -0.39 is 0 Å². The SMILES string of the molecule is CCC1C=CC(OC2=CC(C)C(c3csc(NC(=O)c4ccncc4)n3)C(C)=C2)=CC1. The molecule has 0 bridgehead atoms. The zero-order valence-electron chi connectivity index (χ0n) is 18.0. The number of hydrogen-bond acceptors (Lipinski definition) is 5. The van der Waals surface area contributed by atoms with Crippen LogP contribution in [0.15, 0.2) is 77.4 Å². The molecule has 0 radical (unpaired) electrons. The molecule has 2 aromatic heterocycles. The minimum atomic E-state index is -0.179. The van der Waals surface area contributed by atoms with Crippen LogP contribution in [0.2, 0.25) is 0 Å². The molecular weight excluding hydrogens is 406 g/mol. The van der Waals surface area contributed by atoms with Gasteiger partial charge in [-0.3, -0.25) is 15.1 Å². The first-order chi connectivity index (χ1) is 15.0. The van der Waals surface area contributed by atoms with Gasteiger partial charge >= 0.3 is 0 Å². The molecule has 0 aromatic carbocycles. The van der Waals surface area contributed by atoms with E-state index >= 15 is 0 Å². The molecule has 2 aliphatic rings. The van der Waals surface area contributed by atoms with Crippen LogP contribution in [0.25, 0.3) is 0 Å². The highest BCUT2D eigenvalue weighted by Gasteiger charge is 2.27. The van der Waals surface area contributed by atoms with Gasteiger partial charge in [-0.05, 0) is 68.0 Å². The Morgan fingerprint density at radius 3 is 2.77 bits per heavy atom. The average molecular weight is 434 g/mol. The maximum Gasteiger partial charge on any atom is 0.257 e. The van der Waals surface area contributed by atoms with Gasteiger partial charge in [-0.2, -0.15) is 0 Å². The second-order valence-corrected chi connectivity index (χ2v) is 8.89. The quantitative estimate of drug-likeness (QED) is 0.586. The Hall–Kier alpha value is -2.99. The molecule has 0 saturated heterocycles. The van der Waals surface area contributed by atoms with Crippen LogP contribution < -0.4 is 5.32 Å². The molecule has 1 N–H and O–H groups in total. The van der Waals surface area contributed by atoms with Crippen LogP contribution in [-0.2, 0) is 4.74 Å². The van der Waals surface area contributed by atoms with Gasteiger partial charge in [0.05, 0.1) is 5.69 Å². The molecule has 31 heavy (non-hydrogen) atoms. The topological polar surface area (TPSA) is 64.1 Å². The maximum absolute atomic E-state index is 12.4. The molecule has 160 valence electrons. The van der Waals surface area contributed by atoms with Crippen molar-refractivity contribution in [2.45, 2.75) is 39.5 Å². The normalized spacial score (nSPS) is 22.9. The zero-order valence-corrected chi connectivity index (χ0v) is 18.9. The molecule has 2 aliphatic carbocycles. The molecule has 0 spiro atoms. The fraction of sp³-hybridized carbons (Fsp3) is 0.320. The predicted octanol–water partition coefficient (Wildman–Crippen LogP) is 6.24. The second-order valence-electron chi connectivity index (χ2n) is 8.03. The number of thiazole rings is 1. The Morgan fingerprint density at radius 2 is 2.10 bits per heavy atom. The molecule has 6 heteroatoms. The number of hydrogen-bond donors (Lipinski definition) is 1. The molecule has 0 aliphatic heterocycles. The highest BCUT2D eigenvalue weighted by atomic mass is 32.1. The van der Waals surface area contributed by atoms with E-state index in [1.54, 1.807) is 24.5 Å². The number of pyridine rings is 1. The molecule has 0 fully saturated rings. The number of anilines is 1. The minimum absolute atomic E-state index is 0.163. The van der Waals surface area contributed by atoms with E-state index in [0.717, 1.165) is 30.1 Å². The maximum atomic E-state index is 12.4. The minimum Gasteiger partial charge on any atom is -0.458 e. The zero-order chi connectivity index (χ0) is 21.8. The van der Waals surface area contributed by atoms with Gasteiger partial charge < -0.3 is 4.74 Å². The van der Waals surface area contributed by atoms with E-state index in [9.17, 15) is 4.79 Å². The third-order valence-electron chi connectivity index (χ3n) is 5.73. The standard InChI is InChI=1S/C25H27N3O2S/c1-4-18-5-7-20(8-6-18)30-21-13-16(2)23(17(3)14-21)22-15-31-25(27-22)28-24(29)19-9-11-26-12-10-19/h5,7-16,18,23H,4,6H2,1-3H3,(H,27,28,29). The number of amides is 1. The average Bonchev–Trinajstić information content (AvgIpc) is 3.22. The fourth-order valence-electron chi connectivity index (χ4n) is 4.02. The lowest BCUT2D eigenvalue weighted by atomic mass is 9.81. The van der Waals surface area contributed by atoms with Crippen molar-refractivity contribution in [2.24, 2.45) is 11.8 Å². The molecule has 1 amide bonds. The smallest absolute Gasteiger partial charge is 0.257 e. The van der Waals surface area contributed by atoms with Crippen molar-refractivity contribution >= 4 is 22.4 Å². The highest BCUT2D eigenvalue weighted by Crippen LogP contribution is 2.39. The van der Waals surface area contributed by atoms with E-state index in [1.807, 2.05) is 5.38 Å². The Labute approximate surface area is 187 Å². The Morgan fingerprint density at radius 1 is 1.29 bits per heavy atom. The summed E-state index contributed by atoms with van der Waals surface area (Å²) >= 11 is 1.45. The molecule has 3 atom stereocenters. The number of ether oxygens (including phenoxy) is 1. The van der Waals surface area contributed by atoms with E-state index in [2.05, 4.69) is 61.5 Å². The first-order valence-electron chi connectivity index (χ1n) is 10.7. The van der Waals surface area contributed by atoms with E-state index in [0.29, 0.717) is 16.6 Å². The van der Waals surface area contributed by atoms with Gasteiger partial charge in [-0.1, -0.05) is 25.5 Å². The predicted molar refractivity (Wildman–Crippen MR) is 125 cm³/mol.